The standard InChI is InChI=1S/C11H19N3/c1-8(2)9-4-3-5-10(9)14-11-6-12-7-13-11/h6-10,14H,3-5H2,1-2H3,(H,12,13). The third-order valence-corrected chi connectivity index (χ3v) is 3.26. The average Bonchev–Trinajstić information content (AvgIpc) is 2.75. The Balaban J connectivity index is 1.97. The van der Waals surface area contributed by atoms with Gasteiger partial charge in [0.2, 0.25) is 0 Å². The van der Waals surface area contributed by atoms with Crippen molar-refractivity contribution in [3.05, 3.63) is 12.5 Å². The van der Waals surface area contributed by atoms with Crippen LogP contribution in [0.5, 0.6) is 0 Å². The lowest BCUT2D eigenvalue weighted by Gasteiger charge is -2.24. The molecule has 0 spiro atoms. The number of H-pyrrole nitrogens is 1. The van der Waals surface area contributed by atoms with Crippen LogP contribution in [-0.4, -0.2) is 16.0 Å². The number of aromatic amines is 1. The van der Waals surface area contributed by atoms with E-state index in [1.165, 1.54) is 19.3 Å². The van der Waals surface area contributed by atoms with E-state index in [0.29, 0.717) is 6.04 Å². The van der Waals surface area contributed by atoms with Crippen molar-refractivity contribution >= 4 is 5.82 Å². The van der Waals surface area contributed by atoms with Gasteiger partial charge in [-0.3, -0.25) is 0 Å². The molecule has 2 atom stereocenters. The Bertz CT molecular complexity index is 266. The van der Waals surface area contributed by atoms with Crippen molar-refractivity contribution in [2.24, 2.45) is 11.8 Å². The molecule has 2 unspecified atom stereocenters. The molecule has 2 N–H and O–H groups in total. The summed E-state index contributed by atoms with van der Waals surface area (Å²) in [6, 6.07) is 0.635. The van der Waals surface area contributed by atoms with Crippen LogP contribution in [0.4, 0.5) is 5.82 Å². The van der Waals surface area contributed by atoms with Crippen LogP contribution < -0.4 is 5.32 Å². The lowest BCUT2D eigenvalue weighted by atomic mass is 9.91. The second-order valence-corrected chi connectivity index (χ2v) is 4.55. The van der Waals surface area contributed by atoms with Crippen molar-refractivity contribution in [1.82, 2.24) is 9.97 Å². The van der Waals surface area contributed by atoms with Gasteiger partial charge in [-0.1, -0.05) is 20.3 Å². The molecule has 3 nitrogen and oxygen atoms in total. The minimum Gasteiger partial charge on any atom is -0.367 e. The van der Waals surface area contributed by atoms with Gasteiger partial charge in [-0.05, 0) is 24.7 Å². The minimum atomic E-state index is 0.635. The quantitative estimate of drug-likeness (QED) is 0.774. The Morgan fingerprint density at radius 2 is 2.36 bits per heavy atom. The number of anilines is 1. The smallest absolute Gasteiger partial charge is 0.123 e. The summed E-state index contributed by atoms with van der Waals surface area (Å²) >= 11 is 0. The monoisotopic (exact) mass is 193 g/mol. The zero-order valence-corrected chi connectivity index (χ0v) is 8.96. The normalized spacial score (nSPS) is 27.1. The first kappa shape index (κ1) is 9.56. The van der Waals surface area contributed by atoms with Crippen molar-refractivity contribution in [2.75, 3.05) is 5.32 Å². The van der Waals surface area contributed by atoms with Gasteiger partial charge in [-0.25, -0.2) is 4.98 Å². The molecule has 1 aromatic heterocycles. The van der Waals surface area contributed by atoms with E-state index in [2.05, 4.69) is 29.1 Å². The van der Waals surface area contributed by atoms with Crippen molar-refractivity contribution < 1.29 is 0 Å². The van der Waals surface area contributed by atoms with E-state index in [9.17, 15) is 0 Å². The number of imidazole rings is 1. The van der Waals surface area contributed by atoms with Gasteiger partial charge in [0.15, 0.2) is 0 Å². The van der Waals surface area contributed by atoms with Gasteiger partial charge in [-0.15, -0.1) is 0 Å². The van der Waals surface area contributed by atoms with Gasteiger partial charge in [0.05, 0.1) is 12.5 Å². The summed E-state index contributed by atoms with van der Waals surface area (Å²) in [5, 5.41) is 3.53. The van der Waals surface area contributed by atoms with Crippen LogP contribution in [0.15, 0.2) is 12.5 Å². The molecule has 0 saturated heterocycles. The molecule has 78 valence electrons. The molecule has 0 aromatic carbocycles. The predicted molar refractivity (Wildman–Crippen MR) is 58.2 cm³/mol. The van der Waals surface area contributed by atoms with E-state index in [-0.39, 0.29) is 0 Å². The molecule has 1 saturated carbocycles. The van der Waals surface area contributed by atoms with Crippen molar-refractivity contribution in [2.45, 2.75) is 39.2 Å². The molecule has 0 bridgehead atoms. The van der Waals surface area contributed by atoms with Gasteiger partial charge in [0.1, 0.15) is 5.82 Å². The zero-order valence-electron chi connectivity index (χ0n) is 8.96. The van der Waals surface area contributed by atoms with Crippen molar-refractivity contribution in [3.63, 3.8) is 0 Å². The molecule has 0 aliphatic heterocycles. The number of hydrogen-bond acceptors (Lipinski definition) is 2. The van der Waals surface area contributed by atoms with Crippen LogP contribution in [0.1, 0.15) is 33.1 Å². The summed E-state index contributed by atoms with van der Waals surface area (Å²) in [6.07, 6.45) is 7.59. The number of aromatic nitrogens is 2. The van der Waals surface area contributed by atoms with Crippen molar-refractivity contribution in [1.29, 1.82) is 0 Å². The Morgan fingerprint density at radius 1 is 1.50 bits per heavy atom. The number of hydrogen-bond donors (Lipinski definition) is 2. The number of rotatable bonds is 3. The van der Waals surface area contributed by atoms with E-state index in [4.69, 9.17) is 0 Å². The van der Waals surface area contributed by atoms with Gasteiger partial charge in [0.25, 0.3) is 0 Å². The molecule has 1 heterocycles. The lowest BCUT2D eigenvalue weighted by molar-refractivity contribution is 0.371. The highest BCUT2D eigenvalue weighted by Gasteiger charge is 2.29. The molecule has 0 amide bonds. The summed E-state index contributed by atoms with van der Waals surface area (Å²) in [7, 11) is 0. The first-order valence-corrected chi connectivity index (χ1v) is 5.52. The lowest BCUT2D eigenvalue weighted by Crippen LogP contribution is -2.27. The molecule has 1 fully saturated rings. The molecule has 1 aromatic rings. The Labute approximate surface area is 85.3 Å². The van der Waals surface area contributed by atoms with Crippen LogP contribution in [-0.2, 0) is 0 Å². The first-order valence-electron chi connectivity index (χ1n) is 5.52. The average molecular weight is 193 g/mol. The van der Waals surface area contributed by atoms with Gasteiger partial charge < -0.3 is 10.3 Å². The fourth-order valence-corrected chi connectivity index (χ4v) is 2.50. The Morgan fingerprint density at radius 3 is 3.00 bits per heavy atom. The minimum absolute atomic E-state index is 0.635. The van der Waals surface area contributed by atoms with Gasteiger partial charge in [0, 0.05) is 6.04 Å². The van der Waals surface area contributed by atoms with Crippen LogP contribution in [0.25, 0.3) is 0 Å². The number of nitrogens with zero attached hydrogens (tertiary/aromatic N) is 1. The highest BCUT2D eigenvalue weighted by Crippen LogP contribution is 2.33. The fraction of sp³-hybridized carbons (Fsp3) is 0.727. The highest BCUT2D eigenvalue weighted by atomic mass is 15.1. The topological polar surface area (TPSA) is 40.7 Å². The fourth-order valence-electron chi connectivity index (χ4n) is 2.50. The first-order chi connectivity index (χ1) is 6.77. The molecule has 1 aliphatic rings. The summed E-state index contributed by atoms with van der Waals surface area (Å²) in [6.45, 7) is 4.63. The molecule has 2 rings (SSSR count). The Kier molecular flexibility index (Phi) is 2.75. The maximum Gasteiger partial charge on any atom is 0.123 e. The Hall–Kier alpha value is -0.990. The van der Waals surface area contributed by atoms with Crippen LogP contribution >= 0.6 is 0 Å². The molecule has 1 aliphatic carbocycles. The third-order valence-electron chi connectivity index (χ3n) is 3.26. The molecular formula is C11H19N3. The number of nitrogens with one attached hydrogen (secondary N) is 2. The van der Waals surface area contributed by atoms with E-state index >= 15 is 0 Å². The second-order valence-electron chi connectivity index (χ2n) is 4.55. The maximum atomic E-state index is 4.02. The SMILES string of the molecule is CC(C)C1CCCC1Nc1cnc[nH]1. The summed E-state index contributed by atoms with van der Waals surface area (Å²) in [5.74, 6) is 2.65. The second kappa shape index (κ2) is 4.03. The van der Waals surface area contributed by atoms with Gasteiger partial charge >= 0.3 is 0 Å². The van der Waals surface area contributed by atoms with E-state index in [1.54, 1.807) is 6.33 Å². The zero-order chi connectivity index (χ0) is 9.97. The van der Waals surface area contributed by atoms with Crippen molar-refractivity contribution in [3.8, 4) is 0 Å². The summed E-state index contributed by atoms with van der Waals surface area (Å²) in [4.78, 5) is 7.12. The summed E-state index contributed by atoms with van der Waals surface area (Å²) < 4.78 is 0. The molecule has 14 heavy (non-hydrogen) atoms. The van der Waals surface area contributed by atoms with Gasteiger partial charge in [-0.2, -0.15) is 0 Å². The van der Waals surface area contributed by atoms with E-state index in [1.807, 2.05) is 6.20 Å². The predicted octanol–water partition coefficient (Wildman–Crippen LogP) is 2.65. The van der Waals surface area contributed by atoms with E-state index in [0.717, 1.165) is 17.7 Å². The van der Waals surface area contributed by atoms with Crippen LogP contribution in [0.2, 0.25) is 0 Å². The highest BCUT2D eigenvalue weighted by molar-refractivity contribution is 5.32. The maximum absolute atomic E-state index is 4.02. The molecule has 0 radical (unpaired) electrons. The third kappa shape index (κ3) is 1.91. The van der Waals surface area contributed by atoms with Crippen LogP contribution in [0, 0.1) is 11.8 Å². The van der Waals surface area contributed by atoms with E-state index < -0.39 is 0 Å². The summed E-state index contributed by atoms with van der Waals surface area (Å²) in [5.41, 5.74) is 0. The molecular weight excluding hydrogens is 174 g/mol. The largest absolute Gasteiger partial charge is 0.367 e. The van der Waals surface area contributed by atoms with Crippen LogP contribution in [0.3, 0.4) is 0 Å². The molecule has 3 heteroatoms.